The number of hydrogen-bond acceptors (Lipinski definition) is 15. The molecule has 268 valence electrons. The predicted molar refractivity (Wildman–Crippen MR) is 185 cm³/mol. The Kier molecular flexibility index (Phi) is 12.5. The Bertz CT molecular complexity index is 1610. The van der Waals surface area contributed by atoms with Gasteiger partial charge in [-0.3, -0.25) is 0 Å². The average molecular weight is 712 g/mol. The Hall–Kier alpha value is -3.82. The molecule has 6 rings (SSSR count). The standard InChI is InChI=1S/C34H44N6O9P/c1-44-27-11-3-9-25-31(27)35-21-37-33(25)39-13-5-7-23(15-39)19-46-29(17-41)48-50(43)49-30(18-42)47-20-24-8-6-14-40(16-24)34-26-10-4-12-28(45-2)32(26)36-22-38-34/h3-4,9-12,21-24,29-30,41-42H,5-8,13-20H2,1-2H3/q+1. The zero-order valence-corrected chi connectivity index (χ0v) is 29.2. The molecule has 4 heterocycles. The molecule has 2 aromatic heterocycles. The number of piperidine rings is 2. The van der Waals surface area contributed by atoms with Crippen LogP contribution in [-0.2, 0) is 23.1 Å². The zero-order chi connectivity index (χ0) is 34.9. The van der Waals surface area contributed by atoms with Crippen LogP contribution in [0.4, 0.5) is 11.6 Å². The molecule has 2 saturated heterocycles. The lowest BCUT2D eigenvalue weighted by Gasteiger charge is -2.34. The molecule has 0 aliphatic carbocycles. The van der Waals surface area contributed by atoms with Gasteiger partial charge in [-0.2, -0.15) is 0 Å². The van der Waals surface area contributed by atoms with Crippen molar-refractivity contribution < 1.29 is 42.8 Å². The highest BCUT2D eigenvalue weighted by molar-refractivity contribution is 7.33. The van der Waals surface area contributed by atoms with Gasteiger partial charge in [0, 0.05) is 53.4 Å². The highest BCUT2D eigenvalue weighted by atomic mass is 31.1. The predicted octanol–water partition coefficient (Wildman–Crippen LogP) is 4.08. The first-order chi connectivity index (χ1) is 24.5. The maximum Gasteiger partial charge on any atom is 0.703 e. The van der Waals surface area contributed by atoms with Gasteiger partial charge in [-0.05, 0) is 49.9 Å². The molecule has 4 aromatic rings. The van der Waals surface area contributed by atoms with Gasteiger partial charge in [-0.25, -0.2) is 19.9 Å². The van der Waals surface area contributed by atoms with Crippen LogP contribution >= 0.6 is 8.25 Å². The molecule has 0 spiro atoms. The second-order valence-electron chi connectivity index (χ2n) is 12.3. The number of methoxy groups -OCH3 is 2. The van der Waals surface area contributed by atoms with Crippen LogP contribution in [0.2, 0.25) is 0 Å². The van der Waals surface area contributed by atoms with Gasteiger partial charge in [0.2, 0.25) is 12.6 Å². The lowest BCUT2D eigenvalue weighted by molar-refractivity contribution is -0.144. The van der Waals surface area contributed by atoms with Crippen molar-refractivity contribution in [3.8, 4) is 11.5 Å². The van der Waals surface area contributed by atoms with Crippen LogP contribution in [0, 0.1) is 11.8 Å². The number of para-hydroxylation sites is 2. The smallest absolute Gasteiger partial charge is 0.494 e. The number of ether oxygens (including phenoxy) is 4. The third kappa shape index (κ3) is 8.55. The number of anilines is 2. The molecule has 16 heteroatoms. The average Bonchev–Trinajstić information content (AvgIpc) is 3.17. The molecule has 2 aliphatic heterocycles. The highest BCUT2D eigenvalue weighted by Gasteiger charge is 2.34. The van der Waals surface area contributed by atoms with E-state index < -0.39 is 34.0 Å². The van der Waals surface area contributed by atoms with Crippen LogP contribution in [0.25, 0.3) is 21.8 Å². The third-order valence-electron chi connectivity index (χ3n) is 9.03. The fraction of sp³-hybridized carbons (Fsp3) is 0.529. The molecule has 0 radical (unpaired) electrons. The fourth-order valence-electron chi connectivity index (χ4n) is 6.65. The summed E-state index contributed by atoms with van der Waals surface area (Å²) < 4.78 is 46.2. The Morgan fingerprint density at radius 3 is 1.62 bits per heavy atom. The van der Waals surface area contributed by atoms with Crippen molar-refractivity contribution in [1.82, 2.24) is 19.9 Å². The molecule has 15 nitrogen and oxygen atoms in total. The van der Waals surface area contributed by atoms with Crippen LogP contribution < -0.4 is 19.3 Å². The number of aliphatic hydroxyl groups excluding tert-OH is 2. The van der Waals surface area contributed by atoms with E-state index in [1.807, 2.05) is 36.4 Å². The monoisotopic (exact) mass is 711 g/mol. The molecule has 2 aliphatic rings. The van der Waals surface area contributed by atoms with Gasteiger partial charge >= 0.3 is 8.25 Å². The summed E-state index contributed by atoms with van der Waals surface area (Å²) in [5.74, 6) is 3.24. The SMILES string of the molecule is COc1cccc2c(N3CCCC(COC(CO)O[P+](=O)OC(CO)OCC4CCCN(c5ncnc6c(OC)cccc56)C4)C3)ncnc12. The van der Waals surface area contributed by atoms with Gasteiger partial charge in [0.1, 0.15) is 46.8 Å². The number of fused-ring (bicyclic) bond motifs is 2. The van der Waals surface area contributed by atoms with Crippen LogP contribution in [0.5, 0.6) is 11.5 Å². The number of aromatic nitrogens is 4. The Labute approximate surface area is 291 Å². The largest absolute Gasteiger partial charge is 0.703 e. The molecular formula is C34H44N6O9P+. The van der Waals surface area contributed by atoms with E-state index in [9.17, 15) is 14.8 Å². The molecule has 2 aromatic carbocycles. The van der Waals surface area contributed by atoms with Crippen LogP contribution in [0.3, 0.4) is 0 Å². The first-order valence-electron chi connectivity index (χ1n) is 16.8. The van der Waals surface area contributed by atoms with Crippen molar-refractivity contribution in [1.29, 1.82) is 0 Å². The highest BCUT2D eigenvalue weighted by Crippen LogP contribution is 2.34. The first kappa shape index (κ1) is 36.0. The normalized spacial score (nSPS) is 19.8. The number of hydrogen-bond donors (Lipinski definition) is 2. The quantitative estimate of drug-likeness (QED) is 0.126. The molecule has 50 heavy (non-hydrogen) atoms. The van der Waals surface area contributed by atoms with E-state index in [1.54, 1.807) is 26.9 Å². The number of aliphatic hydroxyl groups is 2. The lowest BCUT2D eigenvalue weighted by Crippen LogP contribution is -2.39. The van der Waals surface area contributed by atoms with Crippen molar-refractivity contribution in [3.63, 3.8) is 0 Å². The topological polar surface area (TPSA) is 171 Å². The minimum absolute atomic E-state index is 0.113. The second kappa shape index (κ2) is 17.4. The van der Waals surface area contributed by atoms with E-state index in [4.69, 9.17) is 28.0 Å². The van der Waals surface area contributed by atoms with Crippen molar-refractivity contribution in [2.24, 2.45) is 11.8 Å². The molecular weight excluding hydrogens is 667 g/mol. The molecule has 0 amide bonds. The van der Waals surface area contributed by atoms with Crippen LogP contribution in [0.1, 0.15) is 25.7 Å². The van der Waals surface area contributed by atoms with Crippen LogP contribution in [-0.4, -0.2) is 110 Å². The first-order valence-corrected chi connectivity index (χ1v) is 17.9. The minimum atomic E-state index is -2.77. The number of benzene rings is 2. The molecule has 2 N–H and O–H groups in total. The van der Waals surface area contributed by atoms with E-state index in [-0.39, 0.29) is 25.0 Å². The van der Waals surface area contributed by atoms with Crippen molar-refractivity contribution in [2.75, 3.05) is 76.6 Å². The maximum absolute atomic E-state index is 12.8. The Morgan fingerprint density at radius 2 is 1.20 bits per heavy atom. The summed E-state index contributed by atoms with van der Waals surface area (Å²) in [6, 6.07) is 11.5. The van der Waals surface area contributed by atoms with Crippen molar-refractivity contribution >= 4 is 41.7 Å². The van der Waals surface area contributed by atoms with E-state index in [2.05, 4.69) is 29.7 Å². The Balaban J connectivity index is 0.972. The Morgan fingerprint density at radius 1 is 0.740 bits per heavy atom. The maximum atomic E-state index is 12.8. The number of rotatable bonds is 16. The molecule has 4 atom stereocenters. The summed E-state index contributed by atoms with van der Waals surface area (Å²) >= 11 is 0. The van der Waals surface area contributed by atoms with Gasteiger partial charge in [0.05, 0.1) is 40.6 Å². The summed E-state index contributed by atoms with van der Waals surface area (Å²) in [6.07, 6.45) is 4.39. The summed E-state index contributed by atoms with van der Waals surface area (Å²) in [5, 5.41) is 21.6. The van der Waals surface area contributed by atoms with Crippen molar-refractivity contribution in [2.45, 2.75) is 38.3 Å². The molecule has 4 unspecified atom stereocenters. The minimum Gasteiger partial charge on any atom is -0.494 e. The fourth-order valence-corrected chi connectivity index (χ4v) is 7.34. The summed E-state index contributed by atoms with van der Waals surface area (Å²) in [5.41, 5.74) is 1.50. The summed E-state index contributed by atoms with van der Waals surface area (Å²) in [4.78, 5) is 22.3. The summed E-state index contributed by atoms with van der Waals surface area (Å²) in [7, 11) is 0.470. The van der Waals surface area contributed by atoms with E-state index in [1.165, 1.54) is 0 Å². The molecule has 0 saturated carbocycles. The van der Waals surface area contributed by atoms with Gasteiger partial charge in [0.25, 0.3) is 0 Å². The molecule has 2 fully saturated rings. The van der Waals surface area contributed by atoms with Crippen molar-refractivity contribution in [3.05, 3.63) is 49.1 Å². The van der Waals surface area contributed by atoms with Gasteiger partial charge in [0.15, 0.2) is 0 Å². The van der Waals surface area contributed by atoms with E-state index >= 15 is 0 Å². The number of nitrogens with zero attached hydrogens (tertiary/aromatic N) is 6. The van der Waals surface area contributed by atoms with Gasteiger partial charge in [-0.15, -0.1) is 0 Å². The second-order valence-corrected chi connectivity index (χ2v) is 13.2. The zero-order valence-electron chi connectivity index (χ0n) is 28.3. The molecule has 0 bridgehead atoms. The van der Waals surface area contributed by atoms with E-state index in [0.717, 1.165) is 72.2 Å². The summed E-state index contributed by atoms with van der Waals surface area (Å²) in [6.45, 7) is 2.48. The van der Waals surface area contributed by atoms with E-state index in [0.29, 0.717) is 24.6 Å². The van der Waals surface area contributed by atoms with Gasteiger partial charge < -0.3 is 39.0 Å². The lowest BCUT2D eigenvalue weighted by atomic mass is 9.98. The third-order valence-corrected chi connectivity index (χ3v) is 9.85. The van der Waals surface area contributed by atoms with Crippen LogP contribution in [0.15, 0.2) is 49.1 Å². The van der Waals surface area contributed by atoms with Gasteiger partial charge in [-0.1, -0.05) is 21.2 Å².